The van der Waals surface area contributed by atoms with Crippen molar-refractivity contribution in [3.05, 3.63) is 29.3 Å². The number of imide groups is 1. The predicted molar refractivity (Wildman–Crippen MR) is 88.1 cm³/mol. The van der Waals surface area contributed by atoms with E-state index in [4.69, 9.17) is 11.6 Å². The number of benzene rings is 1. The van der Waals surface area contributed by atoms with Crippen LogP contribution >= 0.6 is 11.6 Å². The molecule has 1 aliphatic carbocycles. The number of sulfone groups is 1. The number of nitrogens with zero attached hydrogens (tertiary/aromatic N) is 1. The van der Waals surface area contributed by atoms with Gasteiger partial charge >= 0.3 is 0 Å². The lowest BCUT2D eigenvalue weighted by molar-refractivity contribution is -0.121. The highest BCUT2D eigenvalue weighted by molar-refractivity contribution is 7.93. The minimum absolute atomic E-state index is 0.255. The van der Waals surface area contributed by atoms with Gasteiger partial charge in [0.05, 0.1) is 22.4 Å². The third-order valence-corrected chi connectivity index (χ3v) is 7.49. The van der Waals surface area contributed by atoms with Crippen LogP contribution in [-0.2, 0) is 19.4 Å². The van der Waals surface area contributed by atoms with Crippen LogP contribution in [0.1, 0.15) is 38.5 Å². The molecule has 0 aromatic heterocycles. The second kappa shape index (κ2) is 6.24. The number of rotatable bonds is 3. The van der Waals surface area contributed by atoms with E-state index in [0.717, 1.165) is 24.2 Å². The SMILES string of the molecule is O=C1CC(S(=O)(=O)C2CCCCC2)C(=O)N1c1ccccc1Cl. The Labute approximate surface area is 140 Å². The van der Waals surface area contributed by atoms with Gasteiger partial charge in [0, 0.05) is 0 Å². The van der Waals surface area contributed by atoms with E-state index in [-0.39, 0.29) is 17.1 Å². The van der Waals surface area contributed by atoms with Crippen LogP contribution < -0.4 is 4.90 Å². The zero-order valence-electron chi connectivity index (χ0n) is 12.6. The van der Waals surface area contributed by atoms with Crippen molar-refractivity contribution in [3.8, 4) is 0 Å². The van der Waals surface area contributed by atoms with Crippen molar-refractivity contribution in [1.82, 2.24) is 0 Å². The Hall–Kier alpha value is -1.40. The van der Waals surface area contributed by atoms with Crippen molar-refractivity contribution in [2.75, 3.05) is 4.90 Å². The van der Waals surface area contributed by atoms with Gasteiger partial charge in [0.1, 0.15) is 5.25 Å². The summed E-state index contributed by atoms with van der Waals surface area (Å²) in [7, 11) is -3.65. The monoisotopic (exact) mass is 355 g/mol. The second-order valence-electron chi connectivity index (χ2n) is 6.06. The molecule has 2 fully saturated rings. The molecule has 0 spiro atoms. The summed E-state index contributed by atoms with van der Waals surface area (Å²) < 4.78 is 25.5. The molecule has 0 bridgehead atoms. The molecular weight excluding hydrogens is 338 g/mol. The number of hydrogen-bond acceptors (Lipinski definition) is 4. The molecule has 2 amide bonds. The van der Waals surface area contributed by atoms with Crippen LogP contribution in [0.25, 0.3) is 0 Å². The molecule has 124 valence electrons. The van der Waals surface area contributed by atoms with E-state index in [1.807, 2.05) is 0 Å². The molecule has 0 radical (unpaired) electrons. The Morgan fingerprint density at radius 3 is 2.35 bits per heavy atom. The Kier molecular flexibility index (Phi) is 4.47. The van der Waals surface area contributed by atoms with Crippen LogP contribution in [-0.4, -0.2) is 30.7 Å². The Morgan fingerprint density at radius 1 is 1.04 bits per heavy atom. The van der Waals surface area contributed by atoms with Crippen molar-refractivity contribution >= 4 is 38.9 Å². The fraction of sp³-hybridized carbons (Fsp3) is 0.500. The first-order valence-corrected chi connectivity index (χ1v) is 9.75. The Bertz CT molecular complexity index is 740. The molecule has 1 heterocycles. The van der Waals surface area contributed by atoms with E-state index >= 15 is 0 Å². The lowest BCUT2D eigenvalue weighted by Crippen LogP contribution is -2.40. The second-order valence-corrected chi connectivity index (χ2v) is 8.88. The zero-order chi connectivity index (χ0) is 16.6. The Morgan fingerprint density at radius 2 is 1.70 bits per heavy atom. The van der Waals surface area contributed by atoms with E-state index in [0.29, 0.717) is 12.8 Å². The normalized spacial score (nSPS) is 23.5. The number of para-hydroxylation sites is 1. The van der Waals surface area contributed by atoms with Gasteiger partial charge in [0.25, 0.3) is 5.91 Å². The zero-order valence-corrected chi connectivity index (χ0v) is 14.1. The average Bonchev–Trinajstić information content (AvgIpc) is 2.84. The first-order valence-electron chi connectivity index (χ1n) is 7.77. The number of carbonyl (C=O) groups is 2. The van der Waals surface area contributed by atoms with E-state index in [1.165, 1.54) is 0 Å². The summed E-state index contributed by atoms with van der Waals surface area (Å²) >= 11 is 6.05. The van der Waals surface area contributed by atoms with Gasteiger partial charge < -0.3 is 0 Å². The maximum absolute atomic E-state index is 12.8. The van der Waals surface area contributed by atoms with Gasteiger partial charge in [0.2, 0.25) is 5.91 Å². The van der Waals surface area contributed by atoms with Gasteiger partial charge in [0.15, 0.2) is 9.84 Å². The molecule has 1 saturated carbocycles. The van der Waals surface area contributed by atoms with E-state index in [1.54, 1.807) is 24.3 Å². The van der Waals surface area contributed by atoms with Gasteiger partial charge in [-0.05, 0) is 25.0 Å². The summed E-state index contributed by atoms with van der Waals surface area (Å²) in [5.74, 6) is -1.18. The lowest BCUT2D eigenvalue weighted by atomic mass is 10.0. The summed E-state index contributed by atoms with van der Waals surface area (Å²) in [5, 5.41) is -1.52. The highest BCUT2D eigenvalue weighted by Gasteiger charge is 2.49. The number of carbonyl (C=O) groups excluding carboxylic acids is 2. The van der Waals surface area contributed by atoms with Crippen LogP contribution in [0.4, 0.5) is 5.69 Å². The standard InChI is InChI=1S/C16H18ClNO4S/c17-12-8-4-5-9-13(12)18-15(19)10-14(16(18)20)23(21,22)11-6-2-1-3-7-11/h4-5,8-9,11,14H,1-3,6-7,10H2. The molecule has 1 aliphatic heterocycles. The lowest BCUT2D eigenvalue weighted by Gasteiger charge is -2.24. The largest absolute Gasteiger partial charge is 0.274 e. The van der Waals surface area contributed by atoms with Gasteiger partial charge in [-0.1, -0.05) is 43.0 Å². The topological polar surface area (TPSA) is 71.5 Å². The van der Waals surface area contributed by atoms with Gasteiger partial charge in [-0.15, -0.1) is 0 Å². The fourth-order valence-corrected chi connectivity index (χ4v) is 5.81. The first-order chi connectivity index (χ1) is 10.9. The molecule has 1 aromatic carbocycles. The molecule has 0 N–H and O–H groups in total. The number of hydrogen-bond donors (Lipinski definition) is 0. The van der Waals surface area contributed by atoms with E-state index in [9.17, 15) is 18.0 Å². The third kappa shape index (κ3) is 2.90. The average molecular weight is 356 g/mol. The quantitative estimate of drug-likeness (QED) is 0.781. The van der Waals surface area contributed by atoms with Crippen LogP contribution in [0.5, 0.6) is 0 Å². The van der Waals surface area contributed by atoms with Crippen molar-refractivity contribution in [1.29, 1.82) is 0 Å². The maximum atomic E-state index is 12.8. The summed E-state index contributed by atoms with van der Waals surface area (Å²) in [4.78, 5) is 25.8. The van der Waals surface area contributed by atoms with Crippen LogP contribution in [0.3, 0.4) is 0 Å². The predicted octanol–water partition coefficient (Wildman–Crippen LogP) is 2.72. The molecule has 1 atom stereocenters. The van der Waals surface area contributed by atoms with Crippen LogP contribution in [0.15, 0.2) is 24.3 Å². The smallest absolute Gasteiger partial charge is 0.252 e. The molecule has 3 rings (SSSR count). The Balaban J connectivity index is 1.91. The molecule has 1 saturated heterocycles. The third-order valence-electron chi connectivity index (χ3n) is 4.61. The van der Waals surface area contributed by atoms with Gasteiger partial charge in [-0.25, -0.2) is 13.3 Å². The minimum Gasteiger partial charge on any atom is -0.274 e. The van der Waals surface area contributed by atoms with E-state index < -0.39 is 32.2 Å². The number of anilines is 1. The highest BCUT2D eigenvalue weighted by Crippen LogP contribution is 2.35. The van der Waals surface area contributed by atoms with Crippen molar-refractivity contribution in [2.24, 2.45) is 0 Å². The van der Waals surface area contributed by atoms with Gasteiger partial charge in [-0.2, -0.15) is 0 Å². The number of amides is 2. The molecule has 1 unspecified atom stereocenters. The van der Waals surface area contributed by atoms with Crippen LogP contribution in [0.2, 0.25) is 5.02 Å². The fourth-order valence-electron chi connectivity index (χ4n) is 3.37. The summed E-state index contributed by atoms with van der Waals surface area (Å²) in [6.07, 6.45) is 3.59. The number of halogens is 1. The van der Waals surface area contributed by atoms with E-state index in [2.05, 4.69) is 0 Å². The summed E-state index contributed by atoms with van der Waals surface area (Å²) in [6, 6.07) is 6.46. The molecule has 7 heteroatoms. The maximum Gasteiger partial charge on any atom is 0.252 e. The molecular formula is C16H18ClNO4S. The summed E-state index contributed by atoms with van der Waals surface area (Å²) in [6.45, 7) is 0. The van der Waals surface area contributed by atoms with Crippen LogP contribution in [0, 0.1) is 0 Å². The minimum atomic E-state index is -3.65. The first kappa shape index (κ1) is 16.5. The molecule has 23 heavy (non-hydrogen) atoms. The highest BCUT2D eigenvalue weighted by atomic mass is 35.5. The van der Waals surface area contributed by atoms with Crippen molar-refractivity contribution in [2.45, 2.75) is 49.0 Å². The van der Waals surface area contributed by atoms with Crippen molar-refractivity contribution < 1.29 is 18.0 Å². The van der Waals surface area contributed by atoms with Crippen molar-refractivity contribution in [3.63, 3.8) is 0 Å². The molecule has 2 aliphatic rings. The molecule has 1 aromatic rings. The van der Waals surface area contributed by atoms with Gasteiger partial charge in [-0.3, -0.25) is 9.59 Å². The summed E-state index contributed by atoms with van der Waals surface area (Å²) in [5.41, 5.74) is 0.255. The molecule has 5 nitrogen and oxygen atoms in total.